The maximum absolute atomic E-state index is 12.6. The first-order chi connectivity index (χ1) is 12.5. The summed E-state index contributed by atoms with van der Waals surface area (Å²) in [4.78, 5) is 29.3. The van der Waals surface area contributed by atoms with E-state index in [1.165, 1.54) is 0 Å². The van der Waals surface area contributed by atoms with Crippen LogP contribution in [-0.4, -0.2) is 57.2 Å². The highest BCUT2D eigenvalue weighted by Crippen LogP contribution is 2.26. The first kappa shape index (κ1) is 17.7. The minimum Gasteiger partial charge on any atom is -0.339 e. The van der Waals surface area contributed by atoms with Gasteiger partial charge in [-0.3, -0.25) is 14.5 Å². The van der Waals surface area contributed by atoms with E-state index in [-0.39, 0.29) is 11.6 Å². The number of piperidine rings is 1. The Morgan fingerprint density at radius 2 is 1.88 bits per heavy atom. The second-order valence-corrected chi connectivity index (χ2v) is 8.40. The smallest absolute Gasteiger partial charge is 0.267 e. The van der Waals surface area contributed by atoms with Gasteiger partial charge in [0.05, 0.1) is 11.7 Å². The Morgan fingerprint density at radius 1 is 1.12 bits per heavy atom. The van der Waals surface area contributed by atoms with Crippen LogP contribution >= 0.6 is 0 Å². The van der Waals surface area contributed by atoms with Crippen molar-refractivity contribution in [2.24, 2.45) is 5.92 Å². The highest BCUT2D eigenvalue weighted by Gasteiger charge is 2.38. The molecule has 2 aliphatic heterocycles. The zero-order valence-corrected chi connectivity index (χ0v) is 16.0. The lowest BCUT2D eigenvalue weighted by Crippen LogP contribution is -2.47. The van der Waals surface area contributed by atoms with E-state index in [0.717, 1.165) is 76.0 Å². The Balaban J connectivity index is 1.35. The minimum absolute atomic E-state index is 0.0478. The number of nitrogens with zero attached hydrogens (tertiary/aromatic N) is 4. The molecule has 2 saturated heterocycles. The van der Waals surface area contributed by atoms with Crippen molar-refractivity contribution in [3.63, 3.8) is 0 Å². The Kier molecular flexibility index (Phi) is 4.86. The summed E-state index contributed by atoms with van der Waals surface area (Å²) in [7, 11) is 0. The Morgan fingerprint density at radius 3 is 2.58 bits per heavy atom. The normalized spacial score (nSPS) is 24.7. The molecule has 1 aromatic rings. The zero-order valence-electron chi connectivity index (χ0n) is 16.0. The number of carbonyl (C=O) groups excluding carboxylic acids is 1. The van der Waals surface area contributed by atoms with Gasteiger partial charge in [-0.15, -0.1) is 0 Å². The van der Waals surface area contributed by atoms with Crippen molar-refractivity contribution in [1.82, 2.24) is 19.6 Å². The van der Waals surface area contributed by atoms with E-state index in [2.05, 4.69) is 23.8 Å². The van der Waals surface area contributed by atoms with Gasteiger partial charge in [0.15, 0.2) is 0 Å². The fraction of sp³-hybridized carbons (Fsp3) is 0.750. The third-order valence-electron chi connectivity index (χ3n) is 6.38. The molecule has 4 rings (SSSR count). The lowest BCUT2D eigenvalue weighted by molar-refractivity contribution is -0.134. The molecule has 0 spiro atoms. The predicted molar refractivity (Wildman–Crippen MR) is 100 cm³/mol. The van der Waals surface area contributed by atoms with Crippen molar-refractivity contribution in [3.05, 3.63) is 27.7 Å². The van der Waals surface area contributed by atoms with Gasteiger partial charge < -0.3 is 4.90 Å². The number of hydrogen-bond donors (Lipinski definition) is 0. The molecule has 6 nitrogen and oxygen atoms in total. The molecule has 0 radical (unpaired) electrons. The van der Waals surface area contributed by atoms with Crippen LogP contribution in [0.5, 0.6) is 0 Å². The van der Waals surface area contributed by atoms with Crippen LogP contribution in [0.1, 0.15) is 50.8 Å². The van der Waals surface area contributed by atoms with Gasteiger partial charge >= 0.3 is 0 Å². The molecule has 1 atom stereocenters. The van der Waals surface area contributed by atoms with E-state index >= 15 is 0 Å². The molecule has 1 aliphatic carbocycles. The quantitative estimate of drug-likeness (QED) is 0.818. The number of aryl methyl sites for hydroxylation is 2. The molecule has 3 aliphatic rings. The molecule has 142 valence electrons. The molecule has 6 heteroatoms. The molecular weight excluding hydrogens is 328 g/mol. The number of amides is 1. The van der Waals surface area contributed by atoms with Crippen molar-refractivity contribution < 1.29 is 4.79 Å². The molecule has 3 heterocycles. The number of rotatable bonds is 4. The summed E-state index contributed by atoms with van der Waals surface area (Å²) in [6.07, 6.45) is 6.15. The fourth-order valence-corrected chi connectivity index (χ4v) is 4.80. The summed E-state index contributed by atoms with van der Waals surface area (Å²) < 4.78 is 1.69. The first-order valence-electron chi connectivity index (χ1n) is 10.2. The van der Waals surface area contributed by atoms with Gasteiger partial charge in [0.25, 0.3) is 5.56 Å². The van der Waals surface area contributed by atoms with Gasteiger partial charge in [0.2, 0.25) is 5.91 Å². The van der Waals surface area contributed by atoms with Gasteiger partial charge in [0.1, 0.15) is 0 Å². The maximum atomic E-state index is 12.6. The molecule has 1 amide bonds. The molecule has 1 aromatic heterocycles. The van der Waals surface area contributed by atoms with E-state index in [4.69, 9.17) is 0 Å². The van der Waals surface area contributed by atoms with Crippen LogP contribution in [0.3, 0.4) is 0 Å². The SMILES string of the molecule is CC(C)N1CCC(N2CCC(Cn3nc4c(cc3=O)CCC4)CC2)C1=O. The summed E-state index contributed by atoms with van der Waals surface area (Å²) in [5, 5.41) is 4.61. The third kappa shape index (κ3) is 3.31. The topological polar surface area (TPSA) is 58.4 Å². The lowest BCUT2D eigenvalue weighted by Gasteiger charge is -2.35. The Bertz CT molecular complexity index is 734. The minimum atomic E-state index is 0.0478. The summed E-state index contributed by atoms with van der Waals surface area (Å²) in [6, 6.07) is 2.16. The molecule has 0 bridgehead atoms. The van der Waals surface area contributed by atoms with Crippen molar-refractivity contribution in [2.75, 3.05) is 19.6 Å². The summed E-state index contributed by atoms with van der Waals surface area (Å²) >= 11 is 0. The van der Waals surface area contributed by atoms with Gasteiger partial charge in [0, 0.05) is 25.2 Å². The number of hydrogen-bond acceptors (Lipinski definition) is 4. The highest BCUT2D eigenvalue weighted by molar-refractivity contribution is 5.84. The summed E-state index contributed by atoms with van der Waals surface area (Å²) in [5.41, 5.74) is 2.31. The van der Waals surface area contributed by atoms with Crippen molar-refractivity contribution >= 4 is 5.91 Å². The molecule has 1 unspecified atom stereocenters. The van der Waals surface area contributed by atoms with Crippen LogP contribution in [-0.2, 0) is 24.2 Å². The molecule has 0 N–H and O–H groups in total. The van der Waals surface area contributed by atoms with Crippen LogP contribution in [0.4, 0.5) is 0 Å². The van der Waals surface area contributed by atoms with Crippen molar-refractivity contribution in [2.45, 2.75) is 71.0 Å². The number of likely N-dealkylation sites (tertiary alicyclic amines) is 2. The number of aromatic nitrogens is 2. The fourth-order valence-electron chi connectivity index (χ4n) is 4.80. The van der Waals surface area contributed by atoms with E-state index in [9.17, 15) is 9.59 Å². The zero-order chi connectivity index (χ0) is 18.3. The maximum Gasteiger partial charge on any atom is 0.267 e. The standard InChI is InChI=1S/C20H30N4O2/c1-14(2)23-11-8-18(20(23)26)22-9-6-15(7-10-22)13-24-19(25)12-16-4-3-5-17(16)21-24/h12,14-15,18H,3-11,13H2,1-2H3. The van der Waals surface area contributed by atoms with E-state index in [1.54, 1.807) is 10.7 Å². The van der Waals surface area contributed by atoms with Gasteiger partial charge in [-0.05, 0) is 76.9 Å². The third-order valence-corrected chi connectivity index (χ3v) is 6.38. The molecule has 26 heavy (non-hydrogen) atoms. The van der Waals surface area contributed by atoms with E-state index < -0.39 is 0 Å². The van der Waals surface area contributed by atoms with Crippen LogP contribution in [0.25, 0.3) is 0 Å². The van der Waals surface area contributed by atoms with Crippen molar-refractivity contribution in [3.8, 4) is 0 Å². The summed E-state index contributed by atoms with van der Waals surface area (Å²) in [6.45, 7) is 7.69. The molecular formula is C20H30N4O2. The average Bonchev–Trinajstić information content (AvgIpc) is 3.22. The van der Waals surface area contributed by atoms with Crippen LogP contribution in [0.15, 0.2) is 10.9 Å². The molecule has 0 aromatic carbocycles. The van der Waals surface area contributed by atoms with E-state index in [0.29, 0.717) is 17.9 Å². The van der Waals surface area contributed by atoms with Crippen LogP contribution in [0, 0.1) is 5.92 Å². The number of fused-ring (bicyclic) bond motifs is 1. The predicted octanol–water partition coefficient (Wildman–Crippen LogP) is 1.45. The Labute approximate surface area is 155 Å². The number of carbonyl (C=O) groups is 1. The molecule has 0 saturated carbocycles. The average molecular weight is 358 g/mol. The van der Waals surface area contributed by atoms with Gasteiger partial charge in [-0.1, -0.05) is 0 Å². The Hall–Kier alpha value is -1.69. The largest absolute Gasteiger partial charge is 0.339 e. The second kappa shape index (κ2) is 7.14. The summed E-state index contributed by atoms with van der Waals surface area (Å²) in [5.74, 6) is 0.781. The van der Waals surface area contributed by atoms with E-state index in [1.807, 2.05) is 4.90 Å². The lowest BCUT2D eigenvalue weighted by atomic mass is 9.95. The highest BCUT2D eigenvalue weighted by atomic mass is 16.2. The van der Waals surface area contributed by atoms with Gasteiger partial charge in [-0.2, -0.15) is 5.10 Å². The van der Waals surface area contributed by atoms with Gasteiger partial charge in [-0.25, -0.2) is 4.68 Å². The monoisotopic (exact) mass is 358 g/mol. The second-order valence-electron chi connectivity index (χ2n) is 8.40. The molecule has 2 fully saturated rings. The van der Waals surface area contributed by atoms with Crippen molar-refractivity contribution in [1.29, 1.82) is 0 Å². The van der Waals surface area contributed by atoms with Crippen LogP contribution < -0.4 is 5.56 Å². The first-order valence-corrected chi connectivity index (χ1v) is 10.2. The van der Waals surface area contributed by atoms with Crippen LogP contribution in [0.2, 0.25) is 0 Å².